The molecule has 0 aliphatic carbocycles. The minimum Gasteiger partial charge on any atom is -0.507 e. The Bertz CT molecular complexity index is 299. The zero-order valence-corrected chi connectivity index (χ0v) is 8.17. The lowest BCUT2D eigenvalue weighted by atomic mass is 10.2. The van der Waals surface area contributed by atoms with E-state index >= 15 is 0 Å². The summed E-state index contributed by atoms with van der Waals surface area (Å²) >= 11 is 3.21. The molecule has 0 amide bonds. The van der Waals surface area contributed by atoms with E-state index in [1.54, 1.807) is 31.5 Å². The Morgan fingerprint density at radius 3 is 2.92 bits per heavy atom. The van der Waals surface area contributed by atoms with E-state index in [4.69, 9.17) is 5.11 Å². The van der Waals surface area contributed by atoms with Crippen LogP contribution >= 0.6 is 15.9 Å². The van der Waals surface area contributed by atoms with Gasteiger partial charge in [0.1, 0.15) is 5.75 Å². The molecule has 0 spiro atoms. The number of hydrogen-bond donors (Lipinski definition) is 2. The van der Waals surface area contributed by atoms with Gasteiger partial charge in [-0.25, -0.2) is 0 Å². The number of nitrogens with one attached hydrogen (secondary N) is 1. The molecule has 0 bridgehead atoms. The van der Waals surface area contributed by atoms with Crippen molar-refractivity contribution in [3.63, 3.8) is 0 Å². The van der Waals surface area contributed by atoms with Gasteiger partial charge in [-0.05, 0) is 39.7 Å². The van der Waals surface area contributed by atoms with Crippen LogP contribution in [0.3, 0.4) is 0 Å². The van der Waals surface area contributed by atoms with E-state index in [-0.39, 0.29) is 5.75 Å². The third-order valence-corrected chi connectivity index (χ3v) is 1.95. The third-order valence-electron chi connectivity index (χ3n) is 1.31. The summed E-state index contributed by atoms with van der Waals surface area (Å²) < 4.78 is 0.669. The van der Waals surface area contributed by atoms with Crippen LogP contribution in [0.25, 0.3) is 0 Å². The normalized spacial score (nSPS) is 10.5. The molecule has 1 aromatic rings. The Labute approximate surface area is 79.2 Å². The van der Waals surface area contributed by atoms with E-state index in [0.717, 1.165) is 5.56 Å². The lowest BCUT2D eigenvalue weighted by molar-refractivity contribution is 0.472. The molecule has 0 radical (unpaired) electrons. The van der Waals surface area contributed by atoms with E-state index in [0.29, 0.717) is 4.47 Å². The summed E-state index contributed by atoms with van der Waals surface area (Å²) in [6, 6.07) is 5.18. The second-order valence-electron chi connectivity index (χ2n) is 2.19. The van der Waals surface area contributed by atoms with Crippen LogP contribution in [0.4, 0.5) is 0 Å². The minimum absolute atomic E-state index is 0.233. The summed E-state index contributed by atoms with van der Waals surface area (Å²) in [5.41, 5.74) is 3.57. The molecule has 12 heavy (non-hydrogen) atoms. The van der Waals surface area contributed by atoms with Gasteiger partial charge in [-0.2, -0.15) is 5.10 Å². The van der Waals surface area contributed by atoms with Crippen LogP contribution < -0.4 is 5.43 Å². The fourth-order valence-corrected chi connectivity index (χ4v) is 1.14. The highest BCUT2D eigenvalue weighted by molar-refractivity contribution is 9.10. The lowest BCUT2D eigenvalue weighted by Crippen LogP contribution is -1.94. The average molecular weight is 229 g/mol. The first-order valence-electron chi connectivity index (χ1n) is 3.42. The molecule has 0 unspecified atom stereocenters. The van der Waals surface area contributed by atoms with Crippen LogP contribution in [0.2, 0.25) is 0 Å². The predicted molar refractivity (Wildman–Crippen MR) is 52.5 cm³/mol. The van der Waals surface area contributed by atoms with Crippen LogP contribution in [-0.2, 0) is 0 Å². The Balaban J connectivity index is 2.89. The summed E-state index contributed by atoms with van der Waals surface area (Å²) in [7, 11) is 1.73. The molecule has 0 aromatic heterocycles. The number of hydrogen-bond acceptors (Lipinski definition) is 3. The van der Waals surface area contributed by atoms with Gasteiger partial charge in [-0.1, -0.05) is 0 Å². The van der Waals surface area contributed by atoms with Gasteiger partial charge in [-0.15, -0.1) is 0 Å². The fourth-order valence-electron chi connectivity index (χ4n) is 0.743. The first-order valence-corrected chi connectivity index (χ1v) is 4.21. The van der Waals surface area contributed by atoms with Crippen molar-refractivity contribution in [1.29, 1.82) is 0 Å². The van der Waals surface area contributed by atoms with Gasteiger partial charge in [-0.3, -0.25) is 0 Å². The lowest BCUT2D eigenvalue weighted by Gasteiger charge is -1.97. The van der Waals surface area contributed by atoms with E-state index in [1.807, 2.05) is 0 Å². The summed E-state index contributed by atoms with van der Waals surface area (Å²) in [4.78, 5) is 0. The number of aromatic hydroxyl groups is 1. The van der Waals surface area contributed by atoms with E-state index in [1.165, 1.54) is 0 Å². The molecular weight excluding hydrogens is 220 g/mol. The fraction of sp³-hybridized carbons (Fsp3) is 0.125. The molecule has 0 aliphatic rings. The highest BCUT2D eigenvalue weighted by Gasteiger charge is 1.96. The van der Waals surface area contributed by atoms with Crippen molar-refractivity contribution < 1.29 is 5.11 Å². The summed E-state index contributed by atoms with van der Waals surface area (Å²) in [6.45, 7) is 0. The number of nitrogens with zero attached hydrogens (tertiary/aromatic N) is 1. The number of rotatable bonds is 2. The summed E-state index contributed by atoms with van der Waals surface area (Å²) in [5, 5.41) is 13.0. The van der Waals surface area contributed by atoms with Crippen LogP contribution in [0, 0.1) is 0 Å². The van der Waals surface area contributed by atoms with E-state index < -0.39 is 0 Å². The third kappa shape index (κ3) is 2.23. The Morgan fingerprint density at radius 2 is 2.33 bits per heavy atom. The topological polar surface area (TPSA) is 44.6 Å². The van der Waals surface area contributed by atoms with Crippen molar-refractivity contribution in [1.82, 2.24) is 5.43 Å². The summed E-state index contributed by atoms with van der Waals surface area (Å²) in [5.74, 6) is 0.233. The molecule has 0 saturated carbocycles. The van der Waals surface area contributed by atoms with Gasteiger partial charge in [0.15, 0.2) is 0 Å². The van der Waals surface area contributed by atoms with Gasteiger partial charge in [0.2, 0.25) is 0 Å². The first kappa shape index (κ1) is 9.06. The van der Waals surface area contributed by atoms with Gasteiger partial charge in [0, 0.05) is 7.05 Å². The van der Waals surface area contributed by atoms with Crippen molar-refractivity contribution in [2.45, 2.75) is 0 Å². The smallest absolute Gasteiger partial charge is 0.129 e. The molecule has 0 heterocycles. The molecule has 3 nitrogen and oxygen atoms in total. The number of halogens is 1. The van der Waals surface area contributed by atoms with Crippen LogP contribution in [-0.4, -0.2) is 18.4 Å². The Kier molecular flexibility index (Phi) is 3.10. The van der Waals surface area contributed by atoms with Gasteiger partial charge < -0.3 is 10.5 Å². The number of benzene rings is 1. The molecule has 0 saturated heterocycles. The maximum absolute atomic E-state index is 9.16. The van der Waals surface area contributed by atoms with Crippen LogP contribution in [0.1, 0.15) is 5.56 Å². The van der Waals surface area contributed by atoms with Crippen molar-refractivity contribution in [3.05, 3.63) is 28.2 Å². The first-order chi connectivity index (χ1) is 5.74. The van der Waals surface area contributed by atoms with Gasteiger partial charge in [0.05, 0.1) is 10.7 Å². The Hall–Kier alpha value is -1.03. The molecule has 4 heteroatoms. The number of hydrazone groups is 1. The quantitative estimate of drug-likeness (QED) is 0.598. The van der Waals surface area contributed by atoms with Gasteiger partial charge in [0.25, 0.3) is 0 Å². The van der Waals surface area contributed by atoms with Crippen molar-refractivity contribution in [2.75, 3.05) is 7.05 Å². The standard InChI is InChI=1S/C8H9BrN2O/c1-10-11-5-6-2-3-8(12)7(9)4-6/h2-5,10,12H,1H3/b11-5+. The highest BCUT2D eigenvalue weighted by atomic mass is 79.9. The zero-order chi connectivity index (χ0) is 8.97. The number of phenolic OH excluding ortho intramolecular Hbond substituents is 1. The SMILES string of the molecule is CN/N=C/c1ccc(O)c(Br)c1. The van der Waals surface area contributed by atoms with Crippen molar-refractivity contribution in [3.8, 4) is 5.75 Å². The maximum atomic E-state index is 9.16. The molecule has 1 rings (SSSR count). The largest absolute Gasteiger partial charge is 0.507 e. The van der Waals surface area contributed by atoms with Crippen molar-refractivity contribution in [2.24, 2.45) is 5.10 Å². The highest BCUT2D eigenvalue weighted by Crippen LogP contribution is 2.23. The second kappa shape index (κ2) is 4.11. The van der Waals surface area contributed by atoms with Crippen LogP contribution in [0.15, 0.2) is 27.8 Å². The summed E-state index contributed by atoms with van der Waals surface area (Å²) in [6.07, 6.45) is 1.67. The molecule has 0 aliphatic heterocycles. The predicted octanol–water partition coefficient (Wildman–Crippen LogP) is 1.71. The average Bonchev–Trinajstić information content (AvgIpc) is 2.07. The molecule has 1 aromatic carbocycles. The second-order valence-corrected chi connectivity index (χ2v) is 3.05. The molecule has 2 N–H and O–H groups in total. The number of phenols is 1. The molecule has 0 fully saturated rings. The maximum Gasteiger partial charge on any atom is 0.129 e. The molecule has 64 valence electrons. The Morgan fingerprint density at radius 1 is 1.58 bits per heavy atom. The monoisotopic (exact) mass is 228 g/mol. The van der Waals surface area contributed by atoms with Crippen molar-refractivity contribution >= 4 is 22.1 Å². The molecular formula is C8H9BrN2O. The zero-order valence-electron chi connectivity index (χ0n) is 6.58. The minimum atomic E-state index is 0.233. The van der Waals surface area contributed by atoms with Gasteiger partial charge >= 0.3 is 0 Å². The van der Waals surface area contributed by atoms with Crippen LogP contribution in [0.5, 0.6) is 5.75 Å². The van der Waals surface area contributed by atoms with E-state index in [2.05, 4.69) is 26.5 Å². The van der Waals surface area contributed by atoms with E-state index in [9.17, 15) is 0 Å². The molecule has 0 atom stereocenters.